The molecule has 2 fully saturated rings. The Bertz CT molecular complexity index is 1020. The monoisotopic (exact) mass is 426 g/mol. The number of fused-ring (bicyclic) bond motifs is 1. The first kappa shape index (κ1) is 19.6. The van der Waals surface area contributed by atoms with Gasteiger partial charge >= 0.3 is 0 Å². The molecule has 30 heavy (non-hydrogen) atoms. The summed E-state index contributed by atoms with van der Waals surface area (Å²) in [5.41, 5.74) is 2.95. The minimum Gasteiger partial charge on any atom is -0.386 e. The number of ether oxygens (including phenoxy) is 1. The number of aryl methyl sites for hydroxylation is 1. The minimum atomic E-state index is -0.541. The minimum absolute atomic E-state index is 0.127. The maximum atomic E-state index is 10.9. The largest absolute Gasteiger partial charge is 0.386 e. The van der Waals surface area contributed by atoms with Crippen molar-refractivity contribution in [1.29, 1.82) is 0 Å². The van der Waals surface area contributed by atoms with E-state index >= 15 is 0 Å². The first-order valence-corrected chi connectivity index (χ1v) is 11.4. The van der Waals surface area contributed by atoms with Gasteiger partial charge in [0.1, 0.15) is 16.6 Å². The van der Waals surface area contributed by atoms with Crippen molar-refractivity contribution >= 4 is 33.7 Å². The van der Waals surface area contributed by atoms with Crippen molar-refractivity contribution < 1.29 is 9.84 Å². The van der Waals surface area contributed by atoms with Gasteiger partial charge in [0.05, 0.1) is 13.2 Å². The SMILES string of the molecule is Cc1csc([C@H](O)[C@@H]2CCCN(c3nnnc4cc(N5CCOCC5)ccc34)C2)n1. The van der Waals surface area contributed by atoms with E-state index < -0.39 is 6.10 Å². The van der Waals surface area contributed by atoms with Crippen molar-refractivity contribution in [1.82, 2.24) is 20.4 Å². The second-order valence-corrected chi connectivity index (χ2v) is 8.92. The van der Waals surface area contributed by atoms with E-state index in [2.05, 4.69) is 48.4 Å². The molecule has 0 aliphatic carbocycles. The van der Waals surface area contributed by atoms with E-state index in [1.807, 2.05) is 12.3 Å². The molecule has 2 aromatic heterocycles. The van der Waals surface area contributed by atoms with Gasteiger partial charge in [0.25, 0.3) is 0 Å². The van der Waals surface area contributed by atoms with Gasteiger partial charge in [0, 0.05) is 54.2 Å². The lowest BCUT2D eigenvalue weighted by Gasteiger charge is -2.35. The highest BCUT2D eigenvalue weighted by atomic mass is 32.1. The molecular weight excluding hydrogens is 400 g/mol. The number of nitrogens with zero attached hydrogens (tertiary/aromatic N) is 6. The Morgan fingerprint density at radius 3 is 2.83 bits per heavy atom. The van der Waals surface area contributed by atoms with E-state index in [0.29, 0.717) is 0 Å². The Morgan fingerprint density at radius 2 is 2.03 bits per heavy atom. The Kier molecular flexibility index (Phi) is 5.49. The number of morpholine rings is 1. The van der Waals surface area contributed by atoms with Gasteiger partial charge in [-0.25, -0.2) is 4.98 Å². The normalized spacial score (nSPS) is 21.2. The van der Waals surface area contributed by atoms with Crippen molar-refractivity contribution in [2.24, 2.45) is 5.92 Å². The number of piperidine rings is 1. The molecule has 0 radical (unpaired) electrons. The summed E-state index contributed by atoms with van der Waals surface area (Å²) in [6.07, 6.45) is 1.44. The second kappa shape index (κ2) is 8.41. The molecule has 0 saturated carbocycles. The number of rotatable bonds is 4. The van der Waals surface area contributed by atoms with Crippen LogP contribution in [0, 0.1) is 12.8 Å². The highest BCUT2D eigenvalue weighted by Crippen LogP contribution is 2.35. The number of thiazole rings is 1. The van der Waals surface area contributed by atoms with Crippen LogP contribution in [0.1, 0.15) is 29.6 Å². The molecule has 2 aliphatic rings. The zero-order chi connectivity index (χ0) is 20.5. The van der Waals surface area contributed by atoms with Crippen molar-refractivity contribution in [2.45, 2.75) is 25.9 Å². The van der Waals surface area contributed by atoms with Crippen LogP contribution in [0.3, 0.4) is 0 Å². The summed E-state index contributed by atoms with van der Waals surface area (Å²) in [6.45, 7) is 6.88. The molecule has 0 spiro atoms. The van der Waals surface area contributed by atoms with E-state index in [0.717, 1.165) is 85.3 Å². The number of hydrogen-bond donors (Lipinski definition) is 1. The third-order valence-electron chi connectivity index (χ3n) is 5.98. The molecule has 8 nitrogen and oxygen atoms in total. The van der Waals surface area contributed by atoms with Gasteiger partial charge in [0.2, 0.25) is 0 Å². The molecule has 3 aromatic rings. The molecule has 2 saturated heterocycles. The molecule has 158 valence electrons. The fraction of sp³-hybridized carbons (Fsp3) is 0.524. The molecule has 1 aromatic carbocycles. The van der Waals surface area contributed by atoms with Gasteiger partial charge in [-0.15, -0.1) is 21.5 Å². The molecule has 2 atom stereocenters. The molecule has 9 heteroatoms. The van der Waals surface area contributed by atoms with Gasteiger partial charge in [-0.05, 0) is 43.2 Å². The maximum absolute atomic E-state index is 10.9. The molecule has 0 amide bonds. The van der Waals surface area contributed by atoms with Crippen molar-refractivity contribution in [3.05, 3.63) is 34.3 Å². The predicted octanol–water partition coefficient (Wildman–Crippen LogP) is 2.58. The van der Waals surface area contributed by atoms with Gasteiger partial charge in [-0.1, -0.05) is 0 Å². The summed E-state index contributed by atoms with van der Waals surface area (Å²) in [4.78, 5) is 9.04. The van der Waals surface area contributed by atoms with E-state index in [4.69, 9.17) is 4.74 Å². The zero-order valence-electron chi connectivity index (χ0n) is 17.1. The average Bonchev–Trinajstić information content (AvgIpc) is 3.24. The van der Waals surface area contributed by atoms with Crippen molar-refractivity contribution in [3.63, 3.8) is 0 Å². The highest BCUT2D eigenvalue weighted by Gasteiger charge is 2.30. The van der Waals surface area contributed by atoms with E-state index in [1.54, 1.807) is 0 Å². The van der Waals surface area contributed by atoms with Crippen LogP contribution in [0.5, 0.6) is 0 Å². The zero-order valence-corrected chi connectivity index (χ0v) is 17.9. The Labute approximate surface area is 179 Å². The van der Waals surface area contributed by atoms with Gasteiger partial charge < -0.3 is 19.6 Å². The Balaban J connectivity index is 1.39. The van der Waals surface area contributed by atoms with Crippen molar-refractivity contribution in [3.8, 4) is 0 Å². The van der Waals surface area contributed by atoms with Crippen LogP contribution >= 0.6 is 11.3 Å². The molecule has 0 bridgehead atoms. The number of aliphatic hydroxyl groups is 1. The average molecular weight is 427 g/mol. The lowest BCUT2D eigenvalue weighted by molar-refractivity contribution is 0.0976. The summed E-state index contributed by atoms with van der Waals surface area (Å²) < 4.78 is 5.46. The summed E-state index contributed by atoms with van der Waals surface area (Å²) in [6, 6.07) is 6.32. The van der Waals surface area contributed by atoms with Crippen LogP contribution in [-0.4, -0.2) is 64.9 Å². The van der Waals surface area contributed by atoms with Crippen LogP contribution in [0.25, 0.3) is 10.9 Å². The Morgan fingerprint density at radius 1 is 1.17 bits per heavy atom. The molecule has 2 aliphatic heterocycles. The van der Waals surface area contributed by atoms with Crippen LogP contribution in [0.2, 0.25) is 0 Å². The van der Waals surface area contributed by atoms with Crippen LogP contribution in [-0.2, 0) is 4.74 Å². The fourth-order valence-electron chi connectivity index (χ4n) is 4.38. The van der Waals surface area contributed by atoms with Crippen LogP contribution in [0.15, 0.2) is 23.6 Å². The first-order chi connectivity index (χ1) is 14.7. The first-order valence-electron chi connectivity index (χ1n) is 10.5. The number of aromatic nitrogens is 4. The topological polar surface area (TPSA) is 87.5 Å². The number of aliphatic hydroxyl groups excluding tert-OH is 1. The third-order valence-corrected chi connectivity index (χ3v) is 7.02. The maximum Gasteiger partial charge on any atom is 0.162 e. The third kappa shape index (κ3) is 3.84. The van der Waals surface area contributed by atoms with Crippen LogP contribution < -0.4 is 9.80 Å². The van der Waals surface area contributed by atoms with E-state index in [-0.39, 0.29) is 5.92 Å². The molecule has 5 rings (SSSR count). The van der Waals surface area contributed by atoms with Crippen molar-refractivity contribution in [2.75, 3.05) is 49.2 Å². The summed E-state index contributed by atoms with van der Waals surface area (Å²) in [5, 5.41) is 27.4. The summed E-state index contributed by atoms with van der Waals surface area (Å²) >= 11 is 1.53. The summed E-state index contributed by atoms with van der Waals surface area (Å²) in [5.74, 6) is 0.975. The lowest BCUT2D eigenvalue weighted by Crippen LogP contribution is -2.38. The molecule has 0 unspecified atom stereocenters. The van der Waals surface area contributed by atoms with Gasteiger partial charge in [0.15, 0.2) is 5.82 Å². The quantitative estimate of drug-likeness (QED) is 0.681. The molecule has 1 N–H and O–H groups in total. The predicted molar refractivity (Wildman–Crippen MR) is 117 cm³/mol. The highest BCUT2D eigenvalue weighted by molar-refractivity contribution is 7.09. The van der Waals surface area contributed by atoms with Crippen LogP contribution in [0.4, 0.5) is 11.5 Å². The van der Waals surface area contributed by atoms with E-state index in [1.165, 1.54) is 11.3 Å². The van der Waals surface area contributed by atoms with Gasteiger partial charge in [-0.3, -0.25) is 0 Å². The number of hydrogen-bond acceptors (Lipinski definition) is 9. The molecular formula is C21H26N6O2S. The van der Waals surface area contributed by atoms with Gasteiger partial charge in [-0.2, -0.15) is 0 Å². The van der Waals surface area contributed by atoms with E-state index in [9.17, 15) is 5.11 Å². The summed E-state index contributed by atoms with van der Waals surface area (Å²) in [7, 11) is 0. The number of benzene rings is 1. The lowest BCUT2D eigenvalue weighted by atomic mass is 9.92. The standard InChI is InChI=1S/C21H26N6O2S/c1-14-13-30-21(22-14)19(28)15-3-2-6-27(12-15)20-17-5-4-16(11-18(17)23-25-24-20)26-7-9-29-10-8-26/h4-5,11,13,15,19,28H,2-3,6-10,12H2,1H3/t15-,19-/m1/s1. The smallest absolute Gasteiger partial charge is 0.162 e. The second-order valence-electron chi connectivity index (χ2n) is 8.03. The fourth-order valence-corrected chi connectivity index (χ4v) is 5.25. The number of anilines is 2. The molecule has 4 heterocycles. The Hall–Kier alpha value is -2.36.